The Morgan fingerprint density at radius 3 is 2.94 bits per heavy atom. The lowest BCUT2D eigenvalue weighted by Crippen LogP contribution is -2.18. The van der Waals surface area contributed by atoms with E-state index in [1.165, 1.54) is 17.0 Å². The lowest BCUT2D eigenvalue weighted by molar-refractivity contribution is 0.567. The van der Waals surface area contributed by atoms with Crippen LogP contribution in [-0.4, -0.2) is 4.98 Å². The molecule has 0 bridgehead atoms. The standard InChI is InChI=1S/C13H14ClFN2S/c1-8-6-17-13(18-8)9(2)16-7-10-5-11(15)3-4-12(10)14/h3-6,9,16H,7H2,1-2H3. The zero-order valence-electron chi connectivity index (χ0n) is 10.2. The van der Waals surface area contributed by atoms with Gasteiger partial charge in [-0.25, -0.2) is 9.37 Å². The van der Waals surface area contributed by atoms with Crippen LogP contribution in [0.1, 0.15) is 28.4 Å². The van der Waals surface area contributed by atoms with E-state index in [0.29, 0.717) is 11.6 Å². The number of aryl methyl sites for hydroxylation is 1. The first kappa shape index (κ1) is 13.5. The summed E-state index contributed by atoms with van der Waals surface area (Å²) >= 11 is 7.67. The molecule has 0 spiro atoms. The van der Waals surface area contributed by atoms with E-state index in [1.807, 2.05) is 20.0 Å². The van der Waals surface area contributed by atoms with Gasteiger partial charge in [-0.3, -0.25) is 0 Å². The topological polar surface area (TPSA) is 24.9 Å². The van der Waals surface area contributed by atoms with Gasteiger partial charge in [0.2, 0.25) is 0 Å². The molecular formula is C13H14ClFN2S. The molecule has 18 heavy (non-hydrogen) atoms. The first-order valence-electron chi connectivity index (χ1n) is 5.66. The molecule has 2 nitrogen and oxygen atoms in total. The van der Waals surface area contributed by atoms with Crippen LogP contribution in [0.2, 0.25) is 5.02 Å². The fourth-order valence-corrected chi connectivity index (χ4v) is 2.59. The van der Waals surface area contributed by atoms with Crippen molar-refractivity contribution in [1.82, 2.24) is 10.3 Å². The van der Waals surface area contributed by atoms with Crippen molar-refractivity contribution in [1.29, 1.82) is 0 Å². The maximum absolute atomic E-state index is 13.1. The Morgan fingerprint density at radius 1 is 1.50 bits per heavy atom. The molecule has 0 saturated carbocycles. The second-order valence-corrected chi connectivity index (χ2v) is 5.82. The molecule has 1 aromatic carbocycles. The Kier molecular flexibility index (Phi) is 4.32. The molecule has 1 aromatic heterocycles. The molecule has 0 amide bonds. The summed E-state index contributed by atoms with van der Waals surface area (Å²) < 4.78 is 13.1. The SMILES string of the molecule is Cc1cnc(C(C)NCc2cc(F)ccc2Cl)s1. The Bertz CT molecular complexity index is 542. The van der Waals surface area contributed by atoms with Crippen LogP contribution in [0.15, 0.2) is 24.4 Å². The molecule has 2 rings (SSSR count). The number of rotatable bonds is 4. The number of aromatic nitrogens is 1. The van der Waals surface area contributed by atoms with Crippen LogP contribution < -0.4 is 5.32 Å². The van der Waals surface area contributed by atoms with Gasteiger partial charge in [-0.2, -0.15) is 0 Å². The normalized spacial score (nSPS) is 12.7. The summed E-state index contributed by atoms with van der Waals surface area (Å²) in [5.41, 5.74) is 0.761. The van der Waals surface area contributed by atoms with Crippen molar-refractivity contribution in [2.45, 2.75) is 26.4 Å². The number of thiazole rings is 1. The number of halogens is 2. The first-order valence-corrected chi connectivity index (χ1v) is 6.85. The fraction of sp³-hybridized carbons (Fsp3) is 0.308. The third kappa shape index (κ3) is 3.28. The Morgan fingerprint density at radius 2 is 2.28 bits per heavy atom. The number of hydrogen-bond donors (Lipinski definition) is 1. The van der Waals surface area contributed by atoms with E-state index in [4.69, 9.17) is 11.6 Å². The summed E-state index contributed by atoms with van der Waals surface area (Å²) in [5, 5.41) is 4.90. The number of nitrogens with one attached hydrogen (secondary N) is 1. The smallest absolute Gasteiger partial charge is 0.123 e. The molecule has 1 atom stereocenters. The van der Waals surface area contributed by atoms with Crippen molar-refractivity contribution >= 4 is 22.9 Å². The summed E-state index contributed by atoms with van der Waals surface area (Å²) in [4.78, 5) is 5.50. The minimum absolute atomic E-state index is 0.128. The average molecular weight is 285 g/mol. The van der Waals surface area contributed by atoms with Crippen molar-refractivity contribution in [2.24, 2.45) is 0 Å². The molecule has 0 aliphatic rings. The van der Waals surface area contributed by atoms with Crippen LogP contribution in [0.25, 0.3) is 0 Å². The predicted octanol–water partition coefficient (Wildman–Crippen LogP) is 4.09. The van der Waals surface area contributed by atoms with E-state index in [0.717, 1.165) is 10.6 Å². The molecule has 0 fully saturated rings. The summed E-state index contributed by atoms with van der Waals surface area (Å²) in [6.07, 6.45) is 1.85. The van der Waals surface area contributed by atoms with Crippen LogP contribution in [0.5, 0.6) is 0 Å². The molecular weight excluding hydrogens is 271 g/mol. The van der Waals surface area contributed by atoms with E-state index in [1.54, 1.807) is 17.4 Å². The molecule has 0 aliphatic carbocycles. The van der Waals surface area contributed by atoms with Crippen LogP contribution in [0, 0.1) is 12.7 Å². The van der Waals surface area contributed by atoms with Crippen LogP contribution >= 0.6 is 22.9 Å². The van der Waals surface area contributed by atoms with Gasteiger partial charge in [-0.15, -0.1) is 11.3 Å². The van der Waals surface area contributed by atoms with E-state index in [2.05, 4.69) is 10.3 Å². The van der Waals surface area contributed by atoms with E-state index in [-0.39, 0.29) is 11.9 Å². The van der Waals surface area contributed by atoms with Gasteiger partial charge in [0.1, 0.15) is 10.8 Å². The van der Waals surface area contributed by atoms with Gasteiger partial charge < -0.3 is 5.32 Å². The molecule has 1 N–H and O–H groups in total. The molecule has 1 unspecified atom stereocenters. The molecule has 0 aliphatic heterocycles. The molecule has 0 saturated heterocycles. The zero-order valence-corrected chi connectivity index (χ0v) is 11.8. The van der Waals surface area contributed by atoms with Crippen molar-refractivity contribution in [3.8, 4) is 0 Å². The second kappa shape index (κ2) is 5.78. The second-order valence-electron chi connectivity index (χ2n) is 4.15. The van der Waals surface area contributed by atoms with Crippen LogP contribution in [0.3, 0.4) is 0 Å². The largest absolute Gasteiger partial charge is 0.304 e. The van der Waals surface area contributed by atoms with Crippen molar-refractivity contribution < 1.29 is 4.39 Å². The fourth-order valence-electron chi connectivity index (χ4n) is 1.60. The number of hydrogen-bond acceptors (Lipinski definition) is 3. The number of nitrogens with zero attached hydrogens (tertiary/aromatic N) is 1. The highest BCUT2D eigenvalue weighted by molar-refractivity contribution is 7.11. The van der Waals surface area contributed by atoms with Gasteiger partial charge in [0.05, 0.1) is 6.04 Å². The lowest BCUT2D eigenvalue weighted by Gasteiger charge is -2.12. The quantitative estimate of drug-likeness (QED) is 0.914. The van der Waals surface area contributed by atoms with Gasteiger partial charge in [0.15, 0.2) is 0 Å². The van der Waals surface area contributed by atoms with Crippen LogP contribution in [-0.2, 0) is 6.54 Å². The Labute approximate surface area is 115 Å². The predicted molar refractivity (Wildman–Crippen MR) is 73.5 cm³/mol. The first-order chi connectivity index (χ1) is 8.56. The summed E-state index contributed by atoms with van der Waals surface area (Å²) in [6.45, 7) is 4.58. The van der Waals surface area contributed by atoms with E-state index in [9.17, 15) is 4.39 Å². The van der Waals surface area contributed by atoms with Crippen molar-refractivity contribution in [3.05, 3.63) is 50.7 Å². The average Bonchev–Trinajstić information content (AvgIpc) is 2.77. The third-order valence-corrected chi connectivity index (χ3v) is 4.08. The Hall–Kier alpha value is -0.970. The summed E-state index contributed by atoms with van der Waals surface area (Å²) in [5.74, 6) is -0.269. The molecule has 96 valence electrons. The zero-order chi connectivity index (χ0) is 13.1. The van der Waals surface area contributed by atoms with E-state index < -0.39 is 0 Å². The molecule has 2 aromatic rings. The summed E-state index contributed by atoms with van der Waals surface area (Å²) in [7, 11) is 0. The minimum Gasteiger partial charge on any atom is -0.304 e. The third-order valence-electron chi connectivity index (χ3n) is 2.62. The highest BCUT2D eigenvalue weighted by Crippen LogP contribution is 2.21. The maximum atomic E-state index is 13.1. The van der Waals surface area contributed by atoms with Gasteiger partial charge in [-0.1, -0.05) is 11.6 Å². The van der Waals surface area contributed by atoms with Gasteiger partial charge >= 0.3 is 0 Å². The highest BCUT2D eigenvalue weighted by atomic mass is 35.5. The Balaban J connectivity index is 2.01. The highest BCUT2D eigenvalue weighted by Gasteiger charge is 2.10. The number of benzene rings is 1. The minimum atomic E-state index is -0.269. The molecule has 5 heteroatoms. The summed E-state index contributed by atoms with van der Waals surface area (Å²) in [6, 6.07) is 4.52. The van der Waals surface area contributed by atoms with Crippen molar-refractivity contribution in [2.75, 3.05) is 0 Å². The molecule has 0 radical (unpaired) electrons. The van der Waals surface area contributed by atoms with Crippen molar-refractivity contribution in [3.63, 3.8) is 0 Å². The molecule has 1 heterocycles. The van der Waals surface area contributed by atoms with Gasteiger partial charge in [0.25, 0.3) is 0 Å². The van der Waals surface area contributed by atoms with Gasteiger partial charge in [0, 0.05) is 22.6 Å². The van der Waals surface area contributed by atoms with Gasteiger partial charge in [-0.05, 0) is 37.6 Å². The van der Waals surface area contributed by atoms with E-state index >= 15 is 0 Å². The van der Waals surface area contributed by atoms with Crippen LogP contribution in [0.4, 0.5) is 4.39 Å². The monoisotopic (exact) mass is 284 g/mol. The maximum Gasteiger partial charge on any atom is 0.123 e. The lowest BCUT2D eigenvalue weighted by atomic mass is 10.2.